The number of ether oxygens (including phenoxy) is 1. The van der Waals surface area contributed by atoms with Crippen LogP contribution in [0.4, 0.5) is 10.1 Å². The fraction of sp³-hybridized carbons (Fsp3) is 0.391. The molecule has 0 N–H and O–H groups in total. The predicted octanol–water partition coefficient (Wildman–Crippen LogP) is 2.33. The van der Waals surface area contributed by atoms with E-state index >= 15 is 0 Å². The van der Waals surface area contributed by atoms with E-state index < -0.39 is 0 Å². The molecule has 1 saturated heterocycles. The molecule has 0 radical (unpaired) electrons. The van der Waals surface area contributed by atoms with Crippen molar-refractivity contribution in [3.05, 3.63) is 59.9 Å². The van der Waals surface area contributed by atoms with Crippen LogP contribution in [0.1, 0.15) is 12.0 Å². The lowest BCUT2D eigenvalue weighted by molar-refractivity contribution is -0.135. The molecule has 0 bridgehead atoms. The number of amides is 2. The van der Waals surface area contributed by atoms with Crippen LogP contribution in [-0.4, -0.2) is 67.5 Å². The maximum absolute atomic E-state index is 12.9. The summed E-state index contributed by atoms with van der Waals surface area (Å²) in [7, 11) is 0. The molecular weight excluding hydrogens is 385 g/mol. The van der Waals surface area contributed by atoms with Crippen LogP contribution in [0.3, 0.4) is 0 Å². The average molecular weight is 411 g/mol. The number of carbonyl (C=O) groups is 2. The molecule has 2 aliphatic heterocycles. The van der Waals surface area contributed by atoms with Crippen molar-refractivity contribution in [3.63, 3.8) is 0 Å². The van der Waals surface area contributed by atoms with Crippen molar-refractivity contribution >= 4 is 17.5 Å². The van der Waals surface area contributed by atoms with E-state index in [1.54, 1.807) is 4.90 Å². The van der Waals surface area contributed by atoms with Gasteiger partial charge in [0, 0.05) is 51.4 Å². The summed E-state index contributed by atoms with van der Waals surface area (Å²) in [6.45, 7) is 4.12. The van der Waals surface area contributed by atoms with Crippen molar-refractivity contribution < 1.29 is 18.7 Å². The third-order valence-corrected chi connectivity index (χ3v) is 5.73. The second kappa shape index (κ2) is 9.26. The number of piperazine rings is 1. The first-order chi connectivity index (χ1) is 14.6. The molecule has 2 aliphatic rings. The first-order valence-electron chi connectivity index (χ1n) is 10.4. The number of anilines is 1. The van der Waals surface area contributed by atoms with Gasteiger partial charge in [0.15, 0.2) is 6.61 Å². The SMILES string of the molecule is O=C(COc1ccc(F)cc1)N1CCN(CCC(=O)N2CCc3ccccc32)CC1. The highest BCUT2D eigenvalue weighted by atomic mass is 19.1. The van der Waals surface area contributed by atoms with Gasteiger partial charge in [0.25, 0.3) is 5.91 Å². The molecule has 158 valence electrons. The van der Waals surface area contributed by atoms with Crippen LogP contribution >= 0.6 is 0 Å². The Morgan fingerprint density at radius 1 is 0.900 bits per heavy atom. The summed E-state index contributed by atoms with van der Waals surface area (Å²) < 4.78 is 18.4. The van der Waals surface area contributed by atoms with Crippen LogP contribution in [-0.2, 0) is 16.0 Å². The Bertz CT molecular complexity index is 895. The molecule has 2 aromatic rings. The van der Waals surface area contributed by atoms with Crippen molar-refractivity contribution in [2.45, 2.75) is 12.8 Å². The average Bonchev–Trinajstić information content (AvgIpc) is 3.21. The van der Waals surface area contributed by atoms with Gasteiger partial charge in [-0.15, -0.1) is 0 Å². The van der Waals surface area contributed by atoms with Gasteiger partial charge in [-0.2, -0.15) is 0 Å². The lowest BCUT2D eigenvalue weighted by Crippen LogP contribution is -2.50. The lowest BCUT2D eigenvalue weighted by atomic mass is 10.2. The maximum Gasteiger partial charge on any atom is 0.260 e. The van der Waals surface area contributed by atoms with Crippen molar-refractivity contribution in [2.24, 2.45) is 0 Å². The largest absolute Gasteiger partial charge is 0.484 e. The normalized spacial score (nSPS) is 16.4. The monoisotopic (exact) mass is 411 g/mol. The number of hydrogen-bond donors (Lipinski definition) is 0. The fourth-order valence-electron chi connectivity index (χ4n) is 3.97. The smallest absolute Gasteiger partial charge is 0.260 e. The Kier molecular flexibility index (Phi) is 6.28. The third-order valence-electron chi connectivity index (χ3n) is 5.73. The molecule has 0 aromatic heterocycles. The molecule has 0 saturated carbocycles. The van der Waals surface area contributed by atoms with Gasteiger partial charge in [-0.05, 0) is 42.3 Å². The highest BCUT2D eigenvalue weighted by molar-refractivity contribution is 5.95. The van der Waals surface area contributed by atoms with E-state index in [9.17, 15) is 14.0 Å². The van der Waals surface area contributed by atoms with Crippen LogP contribution in [0.25, 0.3) is 0 Å². The molecule has 6 nitrogen and oxygen atoms in total. The fourth-order valence-corrected chi connectivity index (χ4v) is 3.97. The molecule has 4 rings (SSSR count). The number of para-hydroxylation sites is 1. The highest BCUT2D eigenvalue weighted by Crippen LogP contribution is 2.27. The summed E-state index contributed by atoms with van der Waals surface area (Å²) in [6.07, 6.45) is 1.40. The first-order valence-corrected chi connectivity index (χ1v) is 10.4. The van der Waals surface area contributed by atoms with Crippen molar-refractivity contribution in [2.75, 3.05) is 50.8 Å². The summed E-state index contributed by atoms with van der Waals surface area (Å²) in [5.74, 6) is 0.220. The highest BCUT2D eigenvalue weighted by Gasteiger charge is 2.26. The van der Waals surface area contributed by atoms with Crippen LogP contribution in [0.15, 0.2) is 48.5 Å². The molecule has 0 unspecified atom stereocenters. The zero-order valence-electron chi connectivity index (χ0n) is 16.9. The molecule has 1 fully saturated rings. The predicted molar refractivity (Wildman–Crippen MR) is 112 cm³/mol. The Morgan fingerprint density at radius 3 is 2.40 bits per heavy atom. The molecule has 2 aromatic carbocycles. The van der Waals surface area contributed by atoms with Gasteiger partial charge < -0.3 is 14.5 Å². The number of rotatable bonds is 6. The van der Waals surface area contributed by atoms with E-state index in [0.29, 0.717) is 31.8 Å². The van der Waals surface area contributed by atoms with Gasteiger partial charge in [0.05, 0.1) is 0 Å². The zero-order chi connectivity index (χ0) is 20.9. The summed E-state index contributed by atoms with van der Waals surface area (Å²) in [4.78, 5) is 30.9. The molecule has 7 heteroatoms. The Morgan fingerprint density at radius 2 is 1.63 bits per heavy atom. The quantitative estimate of drug-likeness (QED) is 0.732. The standard InChI is InChI=1S/C23H26FN3O3/c24-19-5-7-20(8-6-19)30-17-23(29)26-15-13-25(14-16-26)11-10-22(28)27-12-9-18-3-1-2-4-21(18)27/h1-8H,9-17H2. The number of fused-ring (bicyclic) bond motifs is 1. The second-order valence-corrected chi connectivity index (χ2v) is 7.64. The van der Waals surface area contributed by atoms with Crippen molar-refractivity contribution in [1.82, 2.24) is 9.80 Å². The van der Waals surface area contributed by atoms with E-state index in [2.05, 4.69) is 11.0 Å². The third kappa shape index (κ3) is 4.79. The van der Waals surface area contributed by atoms with Crippen LogP contribution < -0.4 is 9.64 Å². The topological polar surface area (TPSA) is 53.1 Å². The van der Waals surface area contributed by atoms with Crippen LogP contribution in [0.2, 0.25) is 0 Å². The van der Waals surface area contributed by atoms with Crippen LogP contribution in [0.5, 0.6) is 5.75 Å². The number of benzene rings is 2. The van der Waals surface area contributed by atoms with Crippen LogP contribution in [0, 0.1) is 5.82 Å². The van der Waals surface area contributed by atoms with Gasteiger partial charge in [-0.1, -0.05) is 18.2 Å². The summed E-state index contributed by atoms with van der Waals surface area (Å²) in [5, 5.41) is 0. The van der Waals surface area contributed by atoms with Gasteiger partial charge in [-0.3, -0.25) is 14.5 Å². The van der Waals surface area contributed by atoms with E-state index in [4.69, 9.17) is 4.74 Å². The zero-order valence-corrected chi connectivity index (χ0v) is 16.9. The molecule has 0 atom stereocenters. The minimum atomic E-state index is -0.336. The maximum atomic E-state index is 12.9. The molecule has 30 heavy (non-hydrogen) atoms. The Hall–Kier alpha value is -2.93. The minimum absolute atomic E-state index is 0.0571. The molecule has 2 amide bonds. The number of hydrogen-bond acceptors (Lipinski definition) is 4. The van der Waals surface area contributed by atoms with Gasteiger partial charge in [0.1, 0.15) is 11.6 Å². The Labute approximate surface area is 175 Å². The summed E-state index contributed by atoms with van der Waals surface area (Å²) >= 11 is 0. The van der Waals surface area contributed by atoms with Crippen molar-refractivity contribution in [3.8, 4) is 5.75 Å². The number of halogens is 1. The van der Waals surface area contributed by atoms with E-state index in [0.717, 1.165) is 31.7 Å². The van der Waals surface area contributed by atoms with Gasteiger partial charge in [0.2, 0.25) is 5.91 Å². The minimum Gasteiger partial charge on any atom is -0.484 e. The number of nitrogens with zero attached hydrogens (tertiary/aromatic N) is 3. The van der Waals surface area contributed by atoms with Crippen molar-refractivity contribution in [1.29, 1.82) is 0 Å². The molecule has 0 spiro atoms. The summed E-state index contributed by atoms with van der Waals surface area (Å²) in [6, 6.07) is 13.7. The lowest BCUT2D eigenvalue weighted by Gasteiger charge is -2.34. The first kappa shape index (κ1) is 20.3. The van der Waals surface area contributed by atoms with E-state index in [1.165, 1.54) is 29.8 Å². The second-order valence-electron chi connectivity index (χ2n) is 7.64. The molecular formula is C23H26FN3O3. The van der Waals surface area contributed by atoms with Gasteiger partial charge in [-0.25, -0.2) is 4.39 Å². The number of carbonyl (C=O) groups excluding carboxylic acids is 2. The van der Waals surface area contributed by atoms with E-state index in [1.807, 2.05) is 23.1 Å². The molecule has 0 aliphatic carbocycles. The summed E-state index contributed by atoms with van der Waals surface area (Å²) in [5.41, 5.74) is 2.28. The molecule has 2 heterocycles. The Balaban J connectivity index is 1.18. The van der Waals surface area contributed by atoms with Gasteiger partial charge >= 0.3 is 0 Å². The van der Waals surface area contributed by atoms with E-state index in [-0.39, 0.29) is 24.2 Å².